The van der Waals surface area contributed by atoms with Gasteiger partial charge in [-0.2, -0.15) is 11.8 Å². The van der Waals surface area contributed by atoms with Crippen molar-refractivity contribution in [2.75, 3.05) is 24.6 Å². The molecule has 1 atom stereocenters. The molecule has 128 valence electrons. The van der Waals surface area contributed by atoms with Gasteiger partial charge >= 0.3 is 0 Å². The molecule has 1 unspecified atom stereocenters. The van der Waals surface area contributed by atoms with Gasteiger partial charge in [0.2, 0.25) is 0 Å². The molecule has 1 heterocycles. The Kier molecular flexibility index (Phi) is 4.69. The molecule has 0 aromatic heterocycles. The Morgan fingerprint density at radius 3 is 2.40 bits per heavy atom. The number of fused-ring (bicyclic) bond motifs is 1. The Bertz CT molecular complexity index is 869. The van der Waals surface area contributed by atoms with Crippen molar-refractivity contribution in [1.82, 2.24) is 4.90 Å². The summed E-state index contributed by atoms with van der Waals surface area (Å²) in [5, 5.41) is 13.1. The molecule has 2 nitrogen and oxygen atoms in total. The first-order chi connectivity index (χ1) is 12.2. The van der Waals surface area contributed by atoms with Crippen LogP contribution in [0.3, 0.4) is 0 Å². The van der Waals surface area contributed by atoms with Crippen LogP contribution in [-0.4, -0.2) is 34.6 Å². The van der Waals surface area contributed by atoms with Gasteiger partial charge in [0.1, 0.15) is 5.75 Å². The van der Waals surface area contributed by atoms with E-state index >= 15 is 0 Å². The summed E-state index contributed by atoms with van der Waals surface area (Å²) in [4.78, 5) is 2.52. The maximum absolute atomic E-state index is 10.8. The van der Waals surface area contributed by atoms with Crippen molar-refractivity contribution >= 4 is 22.5 Å². The average molecular weight is 349 g/mol. The molecule has 4 rings (SSSR count). The molecule has 0 saturated carbocycles. The minimum absolute atomic E-state index is 0.0904. The number of phenolic OH excluding ortho intramolecular Hbond substituents is 1. The summed E-state index contributed by atoms with van der Waals surface area (Å²) in [6, 6.07) is 21.1. The average Bonchev–Trinajstić information content (AvgIpc) is 2.66. The van der Waals surface area contributed by atoms with Crippen LogP contribution < -0.4 is 0 Å². The van der Waals surface area contributed by atoms with Gasteiger partial charge in [-0.15, -0.1) is 0 Å². The van der Waals surface area contributed by atoms with Crippen molar-refractivity contribution in [2.45, 2.75) is 13.0 Å². The first-order valence-electron chi connectivity index (χ1n) is 8.83. The molecule has 1 fully saturated rings. The van der Waals surface area contributed by atoms with E-state index in [4.69, 9.17) is 0 Å². The number of rotatable bonds is 3. The maximum Gasteiger partial charge on any atom is 0.121 e. The van der Waals surface area contributed by atoms with Gasteiger partial charge < -0.3 is 5.11 Å². The highest BCUT2D eigenvalue weighted by Gasteiger charge is 2.27. The van der Waals surface area contributed by atoms with Crippen LogP contribution in [0.5, 0.6) is 5.75 Å². The monoisotopic (exact) mass is 349 g/mol. The molecule has 3 aromatic carbocycles. The molecule has 0 radical (unpaired) electrons. The molecule has 1 N–H and O–H groups in total. The minimum Gasteiger partial charge on any atom is -0.508 e. The zero-order valence-electron chi connectivity index (χ0n) is 14.5. The number of hydrogen-bond acceptors (Lipinski definition) is 3. The number of hydrogen-bond donors (Lipinski definition) is 1. The number of nitrogens with zero attached hydrogens (tertiary/aromatic N) is 1. The van der Waals surface area contributed by atoms with E-state index in [-0.39, 0.29) is 6.04 Å². The Balaban J connectivity index is 1.91. The van der Waals surface area contributed by atoms with Crippen LogP contribution in [0.15, 0.2) is 60.7 Å². The van der Waals surface area contributed by atoms with Crippen LogP contribution in [0.1, 0.15) is 22.7 Å². The summed E-state index contributed by atoms with van der Waals surface area (Å²) in [6.45, 7) is 4.21. The molecule has 0 spiro atoms. The third-order valence-corrected chi connectivity index (χ3v) is 5.97. The Hall–Kier alpha value is -1.97. The van der Waals surface area contributed by atoms with Crippen LogP contribution in [0.4, 0.5) is 0 Å². The molecule has 0 aliphatic carbocycles. The second-order valence-corrected chi connectivity index (χ2v) is 7.91. The summed E-state index contributed by atoms with van der Waals surface area (Å²) >= 11 is 2.01. The lowest BCUT2D eigenvalue weighted by atomic mass is 9.91. The van der Waals surface area contributed by atoms with Gasteiger partial charge in [0.15, 0.2) is 0 Å². The largest absolute Gasteiger partial charge is 0.508 e. The number of thioether (sulfide) groups is 1. The van der Waals surface area contributed by atoms with Gasteiger partial charge in [-0.1, -0.05) is 60.2 Å². The Morgan fingerprint density at radius 2 is 1.64 bits per heavy atom. The highest BCUT2D eigenvalue weighted by atomic mass is 32.2. The van der Waals surface area contributed by atoms with E-state index < -0.39 is 0 Å². The molecule has 0 bridgehead atoms. The zero-order valence-corrected chi connectivity index (χ0v) is 15.3. The standard InChI is InChI=1S/C22H23NOS/c1-16-6-8-18(9-7-16)22(23-12-14-25-15-13-23)21-19-5-3-2-4-17(19)10-11-20(21)24/h2-11,22,24H,12-15H2,1H3. The summed E-state index contributed by atoms with van der Waals surface area (Å²) in [7, 11) is 0. The van der Waals surface area contributed by atoms with E-state index in [1.54, 1.807) is 0 Å². The van der Waals surface area contributed by atoms with Crippen LogP contribution >= 0.6 is 11.8 Å². The second-order valence-electron chi connectivity index (χ2n) is 6.68. The van der Waals surface area contributed by atoms with Crippen molar-refractivity contribution < 1.29 is 5.11 Å². The highest BCUT2D eigenvalue weighted by molar-refractivity contribution is 7.99. The fraction of sp³-hybridized carbons (Fsp3) is 0.273. The van der Waals surface area contributed by atoms with Crippen molar-refractivity contribution in [3.63, 3.8) is 0 Å². The summed E-state index contributed by atoms with van der Waals surface area (Å²) in [6.07, 6.45) is 0. The molecular weight excluding hydrogens is 326 g/mol. The van der Waals surface area contributed by atoms with Crippen molar-refractivity contribution in [3.05, 3.63) is 77.4 Å². The van der Waals surface area contributed by atoms with E-state index in [1.165, 1.54) is 16.5 Å². The predicted molar refractivity (Wildman–Crippen MR) is 108 cm³/mol. The van der Waals surface area contributed by atoms with Crippen molar-refractivity contribution in [2.24, 2.45) is 0 Å². The molecule has 1 aliphatic rings. The predicted octanol–water partition coefficient (Wildman–Crippen LogP) is 4.99. The summed E-state index contributed by atoms with van der Waals surface area (Å²) < 4.78 is 0. The van der Waals surface area contributed by atoms with E-state index in [9.17, 15) is 5.11 Å². The topological polar surface area (TPSA) is 23.5 Å². The lowest BCUT2D eigenvalue weighted by Crippen LogP contribution is -2.36. The van der Waals surface area contributed by atoms with Crippen LogP contribution in [0.2, 0.25) is 0 Å². The SMILES string of the molecule is Cc1ccc(C(c2c(O)ccc3ccccc23)N2CCSCC2)cc1. The fourth-order valence-corrected chi connectivity index (χ4v) is 4.65. The maximum atomic E-state index is 10.8. The number of aryl methyl sites for hydroxylation is 1. The Labute approximate surface area is 153 Å². The van der Waals surface area contributed by atoms with Gasteiger partial charge in [0.25, 0.3) is 0 Å². The second kappa shape index (κ2) is 7.11. The molecule has 0 amide bonds. The lowest BCUT2D eigenvalue weighted by Gasteiger charge is -2.36. The molecule has 25 heavy (non-hydrogen) atoms. The van der Waals surface area contributed by atoms with Crippen LogP contribution in [0, 0.1) is 6.92 Å². The number of benzene rings is 3. The smallest absolute Gasteiger partial charge is 0.121 e. The van der Waals surface area contributed by atoms with Gasteiger partial charge in [0, 0.05) is 30.2 Å². The van der Waals surface area contributed by atoms with Gasteiger partial charge in [0.05, 0.1) is 6.04 Å². The number of aromatic hydroxyl groups is 1. The molecule has 3 aromatic rings. The molecule has 3 heteroatoms. The minimum atomic E-state index is 0.0904. The number of phenols is 1. The van der Waals surface area contributed by atoms with Crippen molar-refractivity contribution in [1.29, 1.82) is 0 Å². The third-order valence-electron chi connectivity index (χ3n) is 5.03. The highest BCUT2D eigenvalue weighted by Crippen LogP contribution is 2.40. The third kappa shape index (κ3) is 3.26. The molecule has 1 saturated heterocycles. The normalized spacial score (nSPS) is 16.8. The van der Waals surface area contributed by atoms with E-state index in [0.717, 1.165) is 35.5 Å². The van der Waals surface area contributed by atoms with Crippen LogP contribution in [-0.2, 0) is 0 Å². The first kappa shape index (κ1) is 16.5. The zero-order chi connectivity index (χ0) is 17.2. The summed E-state index contributed by atoms with van der Waals surface area (Å²) in [5.41, 5.74) is 3.55. The quantitative estimate of drug-likeness (QED) is 0.720. The van der Waals surface area contributed by atoms with Gasteiger partial charge in [-0.25, -0.2) is 0 Å². The first-order valence-corrected chi connectivity index (χ1v) is 9.98. The Morgan fingerprint density at radius 1 is 0.920 bits per heavy atom. The molecule has 1 aliphatic heterocycles. The fourth-order valence-electron chi connectivity index (χ4n) is 3.72. The van der Waals surface area contributed by atoms with E-state index in [2.05, 4.69) is 60.4 Å². The van der Waals surface area contributed by atoms with Gasteiger partial charge in [-0.3, -0.25) is 4.90 Å². The van der Waals surface area contributed by atoms with Gasteiger partial charge in [-0.05, 0) is 29.3 Å². The summed E-state index contributed by atoms with van der Waals surface area (Å²) in [5.74, 6) is 2.68. The van der Waals surface area contributed by atoms with Crippen molar-refractivity contribution in [3.8, 4) is 5.75 Å². The van der Waals surface area contributed by atoms with E-state index in [0.29, 0.717) is 5.75 Å². The molecular formula is C22H23NOS. The van der Waals surface area contributed by atoms with E-state index in [1.807, 2.05) is 23.9 Å². The lowest BCUT2D eigenvalue weighted by molar-refractivity contribution is 0.246. The van der Waals surface area contributed by atoms with Crippen LogP contribution in [0.25, 0.3) is 10.8 Å².